The molecule has 3 heterocycles. The Bertz CT molecular complexity index is 1240. The average Bonchev–Trinajstić information content (AvgIpc) is 3.19. The van der Waals surface area contributed by atoms with E-state index in [-0.39, 0.29) is 16.9 Å². The molecule has 0 saturated carbocycles. The molecule has 4 rings (SSSR count). The number of aromatic nitrogens is 2. The van der Waals surface area contributed by atoms with Crippen molar-refractivity contribution in [3.05, 3.63) is 47.8 Å². The fraction of sp³-hybridized carbons (Fsp3) is 0.400. The van der Waals surface area contributed by atoms with Crippen LogP contribution in [-0.4, -0.2) is 35.8 Å². The van der Waals surface area contributed by atoms with Crippen molar-refractivity contribution in [1.82, 2.24) is 15.3 Å². The third kappa shape index (κ3) is 5.20. The summed E-state index contributed by atoms with van der Waals surface area (Å²) in [6, 6.07) is 5.07. The molecule has 0 atom stereocenters. The Balaban J connectivity index is 1.48. The third-order valence-electron chi connectivity index (χ3n) is 6.42. The molecule has 1 aromatic carbocycles. The van der Waals surface area contributed by atoms with Crippen molar-refractivity contribution in [1.29, 1.82) is 5.26 Å². The molecule has 8 nitrogen and oxygen atoms in total. The first-order valence-corrected chi connectivity index (χ1v) is 11.4. The van der Waals surface area contributed by atoms with Crippen molar-refractivity contribution in [2.75, 3.05) is 25.1 Å². The zero-order valence-corrected chi connectivity index (χ0v) is 19.6. The molecule has 1 aliphatic rings. The summed E-state index contributed by atoms with van der Waals surface area (Å²) in [5.41, 5.74) is 1.19. The molecule has 0 spiro atoms. The van der Waals surface area contributed by atoms with E-state index in [9.17, 15) is 13.6 Å². The summed E-state index contributed by atoms with van der Waals surface area (Å²) in [7, 11) is 0. The Morgan fingerprint density at radius 2 is 2.09 bits per heavy atom. The first-order valence-electron chi connectivity index (χ1n) is 11.4. The second kappa shape index (κ2) is 10.3. The number of anilines is 1. The number of carbonyl (C=O) groups excluding carboxylic acids is 1. The maximum atomic E-state index is 14.9. The van der Waals surface area contributed by atoms with Gasteiger partial charge in [0, 0.05) is 48.6 Å². The van der Waals surface area contributed by atoms with E-state index in [0.29, 0.717) is 56.0 Å². The first-order chi connectivity index (χ1) is 16.8. The van der Waals surface area contributed by atoms with Gasteiger partial charge in [-0.2, -0.15) is 5.26 Å². The molecular formula is C25H27F2N5O3. The van der Waals surface area contributed by atoms with Crippen LogP contribution in [0.5, 0.6) is 11.5 Å². The number of nitrogens with zero attached hydrogens (tertiary/aromatic N) is 2. The number of carbonyl (C=O) groups is 1. The van der Waals surface area contributed by atoms with Gasteiger partial charge in [0.15, 0.2) is 17.4 Å². The number of amides is 2. The fourth-order valence-corrected chi connectivity index (χ4v) is 4.01. The third-order valence-corrected chi connectivity index (χ3v) is 6.42. The number of halogens is 2. The summed E-state index contributed by atoms with van der Waals surface area (Å²) >= 11 is 0. The standard InChI is InChI=1S/C25H27F2N5O3/c1-15(2)25(13-34-14-25)12-31-24(33)32-17-9-18(26)22(19(27)10-17)35-20-6-8-29-23-21(20)16(11-30-23)5-3-4-7-28/h6,8-11,15H,3-5,12-14H2,1-2H3,(H,29,30)(H2,31,32,33). The topological polar surface area (TPSA) is 112 Å². The lowest BCUT2D eigenvalue weighted by atomic mass is 9.75. The maximum Gasteiger partial charge on any atom is 0.319 e. The van der Waals surface area contributed by atoms with Gasteiger partial charge in [0.1, 0.15) is 11.4 Å². The number of aromatic amines is 1. The molecule has 3 N–H and O–H groups in total. The summed E-state index contributed by atoms with van der Waals surface area (Å²) in [6.45, 7) is 5.64. The van der Waals surface area contributed by atoms with Crippen LogP contribution in [0.1, 0.15) is 32.3 Å². The van der Waals surface area contributed by atoms with Crippen LogP contribution in [0.4, 0.5) is 19.3 Å². The zero-order valence-electron chi connectivity index (χ0n) is 19.6. The van der Waals surface area contributed by atoms with Crippen molar-refractivity contribution in [2.24, 2.45) is 11.3 Å². The number of rotatable bonds is 9. The van der Waals surface area contributed by atoms with E-state index >= 15 is 0 Å². The number of H-pyrrole nitrogens is 1. The molecule has 35 heavy (non-hydrogen) atoms. The highest BCUT2D eigenvalue weighted by Gasteiger charge is 2.41. The highest BCUT2D eigenvalue weighted by Crippen LogP contribution is 2.36. The van der Waals surface area contributed by atoms with Gasteiger partial charge in [-0.15, -0.1) is 0 Å². The lowest BCUT2D eigenvalue weighted by Gasteiger charge is -2.44. The van der Waals surface area contributed by atoms with E-state index in [1.54, 1.807) is 6.20 Å². The number of hydrogen-bond donors (Lipinski definition) is 3. The molecule has 0 bridgehead atoms. The van der Waals surface area contributed by atoms with E-state index in [1.807, 2.05) is 0 Å². The van der Waals surface area contributed by atoms with Crippen LogP contribution in [0.15, 0.2) is 30.6 Å². The quantitative estimate of drug-likeness (QED) is 0.359. The molecule has 10 heteroatoms. The van der Waals surface area contributed by atoms with Gasteiger partial charge >= 0.3 is 6.03 Å². The van der Waals surface area contributed by atoms with Crippen molar-refractivity contribution >= 4 is 22.8 Å². The van der Waals surface area contributed by atoms with Crippen LogP contribution in [0.2, 0.25) is 0 Å². The summed E-state index contributed by atoms with van der Waals surface area (Å²) in [6.07, 6.45) is 4.83. The Hall–Kier alpha value is -3.71. The van der Waals surface area contributed by atoms with Crippen molar-refractivity contribution in [3.8, 4) is 17.6 Å². The molecule has 3 aromatic rings. The number of benzene rings is 1. The molecule has 0 radical (unpaired) electrons. The number of urea groups is 1. The van der Waals surface area contributed by atoms with Crippen LogP contribution in [0.3, 0.4) is 0 Å². The van der Waals surface area contributed by atoms with Crippen LogP contribution in [0, 0.1) is 34.3 Å². The molecule has 0 unspecified atom stereocenters. The van der Waals surface area contributed by atoms with Gasteiger partial charge in [-0.1, -0.05) is 13.8 Å². The smallest absolute Gasteiger partial charge is 0.319 e. The minimum atomic E-state index is -0.960. The predicted octanol–water partition coefficient (Wildman–Crippen LogP) is 5.27. The highest BCUT2D eigenvalue weighted by atomic mass is 19.1. The maximum absolute atomic E-state index is 14.9. The van der Waals surface area contributed by atoms with Crippen molar-refractivity contribution in [2.45, 2.75) is 33.1 Å². The van der Waals surface area contributed by atoms with Crippen LogP contribution < -0.4 is 15.4 Å². The van der Waals surface area contributed by atoms with Gasteiger partial charge in [0.05, 0.1) is 24.7 Å². The van der Waals surface area contributed by atoms with Gasteiger partial charge in [-0.25, -0.2) is 18.6 Å². The van der Waals surface area contributed by atoms with Crippen LogP contribution in [0.25, 0.3) is 11.0 Å². The van der Waals surface area contributed by atoms with Gasteiger partial charge in [0.2, 0.25) is 0 Å². The van der Waals surface area contributed by atoms with Crippen molar-refractivity contribution in [3.63, 3.8) is 0 Å². The molecule has 1 fully saturated rings. The number of unbranched alkanes of at least 4 members (excludes halogenated alkanes) is 1. The largest absolute Gasteiger partial charge is 0.450 e. The molecule has 1 aliphatic heterocycles. The van der Waals surface area contributed by atoms with E-state index < -0.39 is 23.4 Å². The molecule has 1 saturated heterocycles. The van der Waals surface area contributed by atoms with E-state index in [2.05, 4.69) is 40.5 Å². The second-order valence-electron chi connectivity index (χ2n) is 9.05. The summed E-state index contributed by atoms with van der Waals surface area (Å²) in [5, 5.41) is 14.6. The minimum absolute atomic E-state index is 0.0352. The predicted molar refractivity (Wildman–Crippen MR) is 126 cm³/mol. The first kappa shape index (κ1) is 24.4. The molecule has 2 amide bonds. The second-order valence-corrected chi connectivity index (χ2v) is 9.05. The van der Waals surface area contributed by atoms with Gasteiger partial charge in [0.25, 0.3) is 0 Å². The number of nitriles is 1. The van der Waals surface area contributed by atoms with Crippen LogP contribution in [-0.2, 0) is 11.2 Å². The number of fused-ring (bicyclic) bond motifs is 1. The lowest BCUT2D eigenvalue weighted by Crippen LogP contribution is -2.54. The van der Waals surface area contributed by atoms with E-state index in [0.717, 1.165) is 17.7 Å². The molecular weight excluding hydrogens is 456 g/mol. The molecule has 0 aliphatic carbocycles. The van der Waals surface area contributed by atoms with E-state index in [4.69, 9.17) is 14.7 Å². The van der Waals surface area contributed by atoms with E-state index in [1.165, 1.54) is 12.3 Å². The molecule has 184 valence electrons. The van der Waals surface area contributed by atoms with Crippen LogP contribution >= 0.6 is 0 Å². The lowest BCUT2D eigenvalue weighted by molar-refractivity contribution is -0.134. The minimum Gasteiger partial charge on any atom is -0.450 e. The number of aryl methyl sites for hydroxylation is 1. The monoisotopic (exact) mass is 483 g/mol. The Labute approximate surface area is 201 Å². The van der Waals surface area contributed by atoms with Crippen molar-refractivity contribution < 1.29 is 23.0 Å². The fourth-order valence-electron chi connectivity index (χ4n) is 4.01. The number of ether oxygens (including phenoxy) is 2. The van der Waals surface area contributed by atoms with Gasteiger partial charge in [-0.3, -0.25) is 0 Å². The zero-order chi connectivity index (χ0) is 25.0. The highest BCUT2D eigenvalue weighted by molar-refractivity contribution is 5.89. The molecule has 2 aromatic heterocycles. The summed E-state index contributed by atoms with van der Waals surface area (Å²) in [5.74, 6) is -1.95. The summed E-state index contributed by atoms with van der Waals surface area (Å²) < 4.78 is 40.6. The van der Waals surface area contributed by atoms with Gasteiger partial charge < -0.3 is 25.1 Å². The Morgan fingerprint density at radius 1 is 1.34 bits per heavy atom. The number of pyridine rings is 1. The number of hydrogen-bond acceptors (Lipinski definition) is 5. The number of nitrogens with one attached hydrogen (secondary N) is 3. The summed E-state index contributed by atoms with van der Waals surface area (Å²) in [4.78, 5) is 19.6. The average molecular weight is 484 g/mol. The Morgan fingerprint density at radius 3 is 2.71 bits per heavy atom. The Kier molecular flexibility index (Phi) is 7.17. The normalized spacial score (nSPS) is 14.4. The SMILES string of the molecule is CC(C)C1(CNC(=O)Nc2cc(F)c(Oc3ccnc4[nH]cc(CCCC#N)c34)c(F)c2)COC1. The van der Waals surface area contributed by atoms with Gasteiger partial charge in [-0.05, 0) is 30.4 Å².